The molecule has 1 aromatic heterocycles. The first-order chi connectivity index (χ1) is 10.6. The predicted octanol–water partition coefficient (Wildman–Crippen LogP) is 3.40. The first-order valence-electron chi connectivity index (χ1n) is 8.54. The second-order valence-corrected chi connectivity index (χ2v) is 6.80. The molecule has 23 heavy (non-hydrogen) atoms. The van der Waals surface area contributed by atoms with Gasteiger partial charge in [0.25, 0.3) is 0 Å². The molecular formula is C17H32IN5. The summed E-state index contributed by atoms with van der Waals surface area (Å²) < 4.78 is 2.24. The van der Waals surface area contributed by atoms with Gasteiger partial charge in [-0.2, -0.15) is 0 Å². The van der Waals surface area contributed by atoms with Gasteiger partial charge in [0.1, 0.15) is 0 Å². The van der Waals surface area contributed by atoms with Crippen LogP contribution in [0.25, 0.3) is 0 Å². The first kappa shape index (κ1) is 20.3. The zero-order valence-corrected chi connectivity index (χ0v) is 17.2. The van der Waals surface area contributed by atoms with Crippen LogP contribution in [0.3, 0.4) is 0 Å². The average Bonchev–Trinajstić information content (AvgIpc) is 3.02. The van der Waals surface area contributed by atoms with E-state index in [1.165, 1.54) is 19.3 Å². The van der Waals surface area contributed by atoms with Gasteiger partial charge in [0, 0.05) is 39.1 Å². The maximum Gasteiger partial charge on any atom is 0.193 e. The number of nitrogens with zero attached hydrogens (tertiary/aromatic N) is 4. The molecule has 1 aliphatic rings. The topological polar surface area (TPSA) is 45.5 Å². The van der Waals surface area contributed by atoms with Gasteiger partial charge in [0.15, 0.2) is 5.96 Å². The van der Waals surface area contributed by atoms with Crippen molar-refractivity contribution < 1.29 is 0 Å². The lowest BCUT2D eigenvalue weighted by Crippen LogP contribution is -2.49. The molecule has 6 heteroatoms. The molecule has 2 atom stereocenters. The highest BCUT2D eigenvalue weighted by Gasteiger charge is 2.28. The highest BCUT2D eigenvalue weighted by atomic mass is 127. The van der Waals surface area contributed by atoms with Crippen LogP contribution in [0.2, 0.25) is 0 Å². The smallest absolute Gasteiger partial charge is 0.193 e. The molecule has 0 radical (unpaired) electrons. The molecule has 1 aliphatic heterocycles. The molecule has 1 N–H and O–H groups in total. The van der Waals surface area contributed by atoms with Gasteiger partial charge in [-0.25, -0.2) is 4.98 Å². The van der Waals surface area contributed by atoms with Gasteiger partial charge in [0.2, 0.25) is 0 Å². The number of likely N-dealkylation sites (tertiary alicyclic amines) is 1. The minimum absolute atomic E-state index is 0. The Morgan fingerprint density at radius 1 is 1.43 bits per heavy atom. The number of halogens is 1. The second-order valence-electron chi connectivity index (χ2n) is 6.80. The number of nitrogens with one attached hydrogen (secondary N) is 1. The summed E-state index contributed by atoms with van der Waals surface area (Å²) in [6, 6.07) is 0.477. The van der Waals surface area contributed by atoms with Crippen molar-refractivity contribution in [2.75, 3.05) is 26.7 Å². The van der Waals surface area contributed by atoms with Crippen molar-refractivity contribution in [3.63, 3.8) is 0 Å². The maximum absolute atomic E-state index is 4.48. The third-order valence-corrected chi connectivity index (χ3v) is 4.58. The Labute approximate surface area is 158 Å². The third kappa shape index (κ3) is 5.97. The van der Waals surface area contributed by atoms with Gasteiger partial charge < -0.3 is 14.8 Å². The molecule has 0 spiro atoms. The van der Waals surface area contributed by atoms with E-state index in [2.05, 4.69) is 51.7 Å². The summed E-state index contributed by atoms with van der Waals surface area (Å²) in [7, 11) is 1.88. The molecule has 0 aliphatic carbocycles. The fourth-order valence-electron chi connectivity index (χ4n) is 3.14. The lowest BCUT2D eigenvalue weighted by molar-refractivity contribution is 0.189. The van der Waals surface area contributed by atoms with Gasteiger partial charge in [-0.15, -0.1) is 24.0 Å². The second kappa shape index (κ2) is 10.2. The van der Waals surface area contributed by atoms with Crippen LogP contribution in [0.15, 0.2) is 23.7 Å². The Morgan fingerprint density at radius 2 is 2.22 bits per heavy atom. The summed E-state index contributed by atoms with van der Waals surface area (Å²) in [5, 5.41) is 3.53. The van der Waals surface area contributed by atoms with Gasteiger partial charge in [0.05, 0.1) is 12.4 Å². The summed E-state index contributed by atoms with van der Waals surface area (Å²) >= 11 is 0. The quantitative estimate of drug-likeness (QED) is 0.335. The highest BCUT2D eigenvalue weighted by Crippen LogP contribution is 2.27. The van der Waals surface area contributed by atoms with Crippen molar-refractivity contribution >= 4 is 29.9 Å². The van der Waals surface area contributed by atoms with Gasteiger partial charge >= 0.3 is 0 Å². The van der Waals surface area contributed by atoms with Crippen molar-refractivity contribution in [1.29, 1.82) is 0 Å². The molecule has 5 nitrogen and oxygen atoms in total. The van der Waals surface area contributed by atoms with Crippen molar-refractivity contribution in [1.82, 2.24) is 19.8 Å². The Hall–Kier alpha value is -0.790. The van der Waals surface area contributed by atoms with Crippen LogP contribution >= 0.6 is 24.0 Å². The number of hydrogen-bond donors (Lipinski definition) is 1. The fourth-order valence-corrected chi connectivity index (χ4v) is 3.14. The normalized spacial score (nSPS) is 22.1. The van der Waals surface area contributed by atoms with E-state index < -0.39 is 0 Å². The van der Waals surface area contributed by atoms with Crippen LogP contribution in [0, 0.1) is 11.8 Å². The molecule has 1 fully saturated rings. The van der Waals surface area contributed by atoms with Crippen molar-refractivity contribution in [2.45, 2.75) is 46.1 Å². The number of rotatable bonds is 5. The van der Waals surface area contributed by atoms with E-state index in [4.69, 9.17) is 0 Å². The average molecular weight is 433 g/mol. The number of guanidine groups is 1. The molecular weight excluding hydrogens is 401 g/mol. The van der Waals surface area contributed by atoms with Crippen LogP contribution < -0.4 is 5.32 Å². The molecule has 1 saturated heterocycles. The fraction of sp³-hybridized carbons (Fsp3) is 0.765. The van der Waals surface area contributed by atoms with Gasteiger partial charge in [-0.05, 0) is 31.1 Å². The molecule has 2 rings (SSSR count). The number of aliphatic imine (C=N–C) groups is 1. The van der Waals surface area contributed by atoms with E-state index in [1.807, 2.05) is 19.6 Å². The zero-order chi connectivity index (χ0) is 15.9. The SMILES string of the molecule is CN=C(NCCCC(C)C)N1CCC(C)C(n2ccnc2)C1.I. The van der Waals surface area contributed by atoms with Crippen LogP contribution in [0.1, 0.15) is 46.1 Å². The summed E-state index contributed by atoms with van der Waals surface area (Å²) in [6.45, 7) is 9.97. The van der Waals surface area contributed by atoms with Crippen molar-refractivity contribution in [3.05, 3.63) is 18.7 Å². The van der Waals surface area contributed by atoms with E-state index >= 15 is 0 Å². The Morgan fingerprint density at radius 3 is 2.83 bits per heavy atom. The lowest BCUT2D eigenvalue weighted by Gasteiger charge is -2.39. The Bertz CT molecular complexity index is 458. The number of imidazole rings is 1. The van der Waals surface area contributed by atoms with Crippen LogP contribution in [0.5, 0.6) is 0 Å². The summed E-state index contributed by atoms with van der Waals surface area (Å²) in [6.07, 6.45) is 9.53. The van der Waals surface area contributed by atoms with E-state index in [0.29, 0.717) is 12.0 Å². The number of piperidine rings is 1. The highest BCUT2D eigenvalue weighted by molar-refractivity contribution is 14.0. The lowest BCUT2D eigenvalue weighted by atomic mass is 9.93. The molecule has 132 valence electrons. The Kier molecular flexibility index (Phi) is 8.94. The minimum atomic E-state index is 0. The third-order valence-electron chi connectivity index (χ3n) is 4.58. The molecule has 1 aromatic rings. The van der Waals surface area contributed by atoms with Crippen molar-refractivity contribution in [2.24, 2.45) is 16.8 Å². The standard InChI is InChI=1S/C17H31N5.HI/c1-14(2)6-5-8-20-17(18-4)21-10-7-15(3)16(12-21)22-11-9-19-13-22;/h9,11,13-16H,5-8,10,12H2,1-4H3,(H,18,20);1H. The minimum Gasteiger partial charge on any atom is -0.356 e. The van der Waals surface area contributed by atoms with Crippen LogP contribution in [-0.4, -0.2) is 47.1 Å². The zero-order valence-electron chi connectivity index (χ0n) is 14.9. The molecule has 0 aromatic carbocycles. The van der Waals surface area contributed by atoms with E-state index in [1.54, 1.807) is 0 Å². The number of hydrogen-bond acceptors (Lipinski definition) is 2. The number of aromatic nitrogens is 2. The van der Waals surface area contributed by atoms with Gasteiger partial charge in [-0.3, -0.25) is 4.99 Å². The molecule has 2 heterocycles. The van der Waals surface area contributed by atoms with Crippen LogP contribution in [0.4, 0.5) is 0 Å². The molecule has 0 bridgehead atoms. The first-order valence-corrected chi connectivity index (χ1v) is 8.54. The summed E-state index contributed by atoms with van der Waals surface area (Å²) in [4.78, 5) is 11.1. The largest absolute Gasteiger partial charge is 0.356 e. The molecule has 0 saturated carbocycles. The van der Waals surface area contributed by atoms with Crippen molar-refractivity contribution in [3.8, 4) is 0 Å². The summed E-state index contributed by atoms with van der Waals surface area (Å²) in [5.74, 6) is 2.48. The van der Waals surface area contributed by atoms with Crippen LogP contribution in [-0.2, 0) is 0 Å². The summed E-state index contributed by atoms with van der Waals surface area (Å²) in [5.41, 5.74) is 0. The molecule has 0 amide bonds. The van der Waals surface area contributed by atoms with E-state index in [9.17, 15) is 0 Å². The molecule has 2 unspecified atom stereocenters. The van der Waals surface area contributed by atoms with E-state index in [-0.39, 0.29) is 24.0 Å². The van der Waals surface area contributed by atoms with E-state index in [0.717, 1.165) is 31.5 Å². The monoisotopic (exact) mass is 433 g/mol. The van der Waals surface area contributed by atoms with Gasteiger partial charge in [-0.1, -0.05) is 20.8 Å². The maximum atomic E-state index is 4.48. The Balaban J connectivity index is 0.00000264. The predicted molar refractivity (Wildman–Crippen MR) is 107 cm³/mol.